The fourth-order valence-corrected chi connectivity index (χ4v) is 1.92. The molecule has 2 aromatic rings. The van der Waals surface area contributed by atoms with E-state index in [0.717, 1.165) is 6.42 Å². The van der Waals surface area contributed by atoms with Crippen molar-refractivity contribution in [3.63, 3.8) is 0 Å². The molecular weight excluding hydrogens is 277 g/mol. The predicted molar refractivity (Wildman–Crippen MR) is 70.4 cm³/mol. The molecule has 1 N–H and O–H groups in total. The van der Waals surface area contributed by atoms with Crippen LogP contribution in [-0.2, 0) is 0 Å². The normalized spacial score (nSPS) is 11.3. The number of anilines is 1. The zero-order valence-corrected chi connectivity index (χ0v) is 10.9. The SMILES string of the molecule is CCCNc1cc(C(F)F)nc2c(F)c(Cl)ccc12. The van der Waals surface area contributed by atoms with Gasteiger partial charge in [-0.2, -0.15) is 0 Å². The zero-order valence-electron chi connectivity index (χ0n) is 10.2. The number of hydrogen-bond acceptors (Lipinski definition) is 2. The van der Waals surface area contributed by atoms with Crippen LogP contribution in [0.5, 0.6) is 0 Å². The van der Waals surface area contributed by atoms with Crippen molar-refractivity contribution in [3.8, 4) is 0 Å². The van der Waals surface area contributed by atoms with E-state index in [1.807, 2.05) is 6.92 Å². The summed E-state index contributed by atoms with van der Waals surface area (Å²) in [5.74, 6) is -0.777. The molecule has 0 fully saturated rings. The molecule has 0 amide bonds. The Labute approximate surface area is 113 Å². The zero-order chi connectivity index (χ0) is 14.0. The van der Waals surface area contributed by atoms with Crippen LogP contribution in [-0.4, -0.2) is 11.5 Å². The Bertz CT molecular complexity index is 602. The van der Waals surface area contributed by atoms with Gasteiger partial charge in [0.25, 0.3) is 6.43 Å². The second kappa shape index (κ2) is 5.65. The molecule has 2 rings (SSSR count). The average molecular weight is 289 g/mol. The predicted octanol–water partition coefficient (Wildman–Crippen LogP) is 4.79. The van der Waals surface area contributed by atoms with Gasteiger partial charge in [-0.05, 0) is 24.6 Å². The molecule has 0 aliphatic rings. The Morgan fingerprint density at radius 3 is 2.74 bits per heavy atom. The first kappa shape index (κ1) is 13.9. The van der Waals surface area contributed by atoms with Gasteiger partial charge in [0.2, 0.25) is 0 Å². The van der Waals surface area contributed by atoms with E-state index >= 15 is 0 Å². The lowest BCUT2D eigenvalue weighted by molar-refractivity contribution is 0.146. The molecule has 0 spiro atoms. The fraction of sp³-hybridized carbons (Fsp3) is 0.308. The van der Waals surface area contributed by atoms with Gasteiger partial charge in [-0.15, -0.1) is 0 Å². The van der Waals surface area contributed by atoms with Crippen molar-refractivity contribution in [2.75, 3.05) is 11.9 Å². The summed E-state index contributed by atoms with van der Waals surface area (Å²) in [5, 5.41) is 3.31. The Kier molecular flexibility index (Phi) is 4.14. The smallest absolute Gasteiger partial charge is 0.280 e. The number of pyridine rings is 1. The summed E-state index contributed by atoms with van der Waals surface area (Å²) >= 11 is 5.65. The van der Waals surface area contributed by atoms with Gasteiger partial charge in [0.1, 0.15) is 11.2 Å². The summed E-state index contributed by atoms with van der Waals surface area (Å²) in [6.45, 7) is 2.55. The molecule has 6 heteroatoms. The molecule has 2 nitrogen and oxygen atoms in total. The minimum Gasteiger partial charge on any atom is -0.384 e. The average Bonchev–Trinajstić information content (AvgIpc) is 2.40. The van der Waals surface area contributed by atoms with E-state index in [1.54, 1.807) is 6.07 Å². The molecule has 0 bridgehead atoms. The molecule has 0 radical (unpaired) electrons. The van der Waals surface area contributed by atoms with Crippen molar-refractivity contribution in [1.82, 2.24) is 4.98 Å². The van der Waals surface area contributed by atoms with Gasteiger partial charge < -0.3 is 5.32 Å². The summed E-state index contributed by atoms with van der Waals surface area (Å²) in [6.07, 6.45) is -1.94. The van der Waals surface area contributed by atoms with Crippen molar-refractivity contribution >= 4 is 28.2 Å². The third kappa shape index (κ3) is 2.76. The molecule has 0 saturated heterocycles. The highest BCUT2D eigenvalue weighted by atomic mass is 35.5. The summed E-state index contributed by atoms with van der Waals surface area (Å²) in [4.78, 5) is 3.65. The van der Waals surface area contributed by atoms with Crippen molar-refractivity contribution < 1.29 is 13.2 Å². The molecule has 0 atom stereocenters. The summed E-state index contributed by atoms with van der Waals surface area (Å²) in [6, 6.07) is 4.21. The molecule has 0 saturated carbocycles. The van der Waals surface area contributed by atoms with Crippen molar-refractivity contribution in [1.29, 1.82) is 0 Å². The number of aromatic nitrogens is 1. The Morgan fingerprint density at radius 2 is 2.11 bits per heavy atom. The first-order valence-corrected chi connectivity index (χ1v) is 6.23. The fourth-order valence-electron chi connectivity index (χ4n) is 1.77. The maximum Gasteiger partial charge on any atom is 0.280 e. The summed E-state index contributed by atoms with van der Waals surface area (Å²) in [7, 11) is 0. The number of fused-ring (bicyclic) bond motifs is 1. The van der Waals surface area contributed by atoms with E-state index in [1.165, 1.54) is 12.1 Å². The maximum atomic E-state index is 13.9. The third-order valence-corrected chi connectivity index (χ3v) is 2.97. The first-order valence-electron chi connectivity index (χ1n) is 5.85. The van der Waals surface area contributed by atoms with Gasteiger partial charge in [0, 0.05) is 17.6 Å². The highest BCUT2D eigenvalue weighted by Crippen LogP contribution is 2.31. The Morgan fingerprint density at radius 1 is 1.37 bits per heavy atom. The van der Waals surface area contributed by atoms with Gasteiger partial charge in [-0.3, -0.25) is 0 Å². The molecule has 0 aliphatic heterocycles. The monoisotopic (exact) mass is 288 g/mol. The molecule has 102 valence electrons. The minimum absolute atomic E-state index is 0.132. The third-order valence-electron chi connectivity index (χ3n) is 2.68. The number of rotatable bonds is 4. The molecule has 1 aromatic heterocycles. The van der Waals surface area contributed by atoms with Gasteiger partial charge in [0.05, 0.1) is 5.02 Å². The van der Waals surface area contributed by atoms with Gasteiger partial charge in [-0.1, -0.05) is 18.5 Å². The number of halogens is 4. The summed E-state index contributed by atoms with van der Waals surface area (Å²) in [5.41, 5.74) is -0.158. The van der Waals surface area contributed by atoms with Crippen LogP contribution in [0.3, 0.4) is 0 Å². The van der Waals surface area contributed by atoms with Crippen molar-refractivity contribution in [2.45, 2.75) is 19.8 Å². The first-order chi connectivity index (χ1) is 9.04. The van der Waals surface area contributed by atoms with E-state index in [9.17, 15) is 13.2 Å². The molecule has 1 heterocycles. The number of benzene rings is 1. The molecule has 1 aromatic carbocycles. The number of nitrogens with one attached hydrogen (secondary N) is 1. The van der Waals surface area contributed by atoms with Crippen LogP contribution in [0, 0.1) is 5.82 Å². The van der Waals surface area contributed by atoms with Crippen LogP contribution in [0.1, 0.15) is 25.5 Å². The second-order valence-corrected chi connectivity index (χ2v) is 4.49. The maximum absolute atomic E-state index is 13.9. The van der Waals surface area contributed by atoms with E-state index in [2.05, 4.69) is 10.3 Å². The second-order valence-electron chi connectivity index (χ2n) is 4.08. The highest BCUT2D eigenvalue weighted by Gasteiger charge is 2.16. The molecule has 0 unspecified atom stereocenters. The molecule has 0 aliphatic carbocycles. The van der Waals surface area contributed by atoms with Crippen LogP contribution < -0.4 is 5.32 Å². The standard InChI is InChI=1S/C13H12ClF3N2/c1-2-5-18-9-6-10(13(16)17)19-12-7(9)3-4-8(14)11(12)15/h3-4,6,13H,2,5H2,1H3,(H,18,19). The summed E-state index contributed by atoms with van der Waals surface area (Å²) < 4.78 is 39.4. The van der Waals surface area contributed by atoms with Gasteiger partial charge >= 0.3 is 0 Å². The lowest BCUT2D eigenvalue weighted by atomic mass is 10.1. The number of alkyl halides is 2. The van der Waals surface area contributed by atoms with Crippen LogP contribution in [0.4, 0.5) is 18.9 Å². The van der Waals surface area contributed by atoms with Gasteiger partial charge in [0.15, 0.2) is 5.82 Å². The van der Waals surface area contributed by atoms with Crippen LogP contribution in [0.15, 0.2) is 18.2 Å². The lowest BCUT2D eigenvalue weighted by Crippen LogP contribution is -2.03. The van der Waals surface area contributed by atoms with Crippen LogP contribution in [0.2, 0.25) is 5.02 Å². The van der Waals surface area contributed by atoms with E-state index < -0.39 is 17.9 Å². The van der Waals surface area contributed by atoms with E-state index in [-0.39, 0.29) is 10.5 Å². The van der Waals surface area contributed by atoms with Gasteiger partial charge in [-0.25, -0.2) is 18.2 Å². The highest BCUT2D eigenvalue weighted by molar-refractivity contribution is 6.31. The van der Waals surface area contributed by atoms with Crippen molar-refractivity contribution in [2.24, 2.45) is 0 Å². The largest absolute Gasteiger partial charge is 0.384 e. The van der Waals surface area contributed by atoms with E-state index in [0.29, 0.717) is 17.6 Å². The number of nitrogens with zero attached hydrogens (tertiary/aromatic N) is 1. The van der Waals surface area contributed by atoms with Crippen LogP contribution in [0.25, 0.3) is 10.9 Å². The minimum atomic E-state index is -2.76. The quantitative estimate of drug-likeness (QED) is 0.875. The topological polar surface area (TPSA) is 24.9 Å². The molecule has 19 heavy (non-hydrogen) atoms. The van der Waals surface area contributed by atoms with E-state index in [4.69, 9.17) is 11.6 Å². The van der Waals surface area contributed by atoms with Crippen molar-refractivity contribution in [3.05, 3.63) is 34.7 Å². The molecular formula is C13H12ClF3N2. The van der Waals surface area contributed by atoms with Crippen LogP contribution >= 0.6 is 11.6 Å². The Balaban J connectivity index is 2.67. The Hall–Kier alpha value is -1.49. The lowest BCUT2D eigenvalue weighted by Gasteiger charge is -2.12. The number of hydrogen-bond donors (Lipinski definition) is 1.